The Hall–Kier alpha value is 1.32. The summed E-state index contributed by atoms with van der Waals surface area (Å²) in [6.07, 6.45) is -6.25. The predicted molar refractivity (Wildman–Crippen MR) is 93.9 cm³/mol. The fraction of sp³-hybridized carbons (Fsp3) is 0.500. The van der Waals surface area contributed by atoms with Crippen molar-refractivity contribution in [1.82, 2.24) is 0 Å². The first-order valence-electron chi connectivity index (χ1n) is 6.57. The number of carboxylic acid groups (broad SMARTS) is 3. The number of carbonyl (C=O) groups excluding carboxylic acids is 3. The third-order valence-electron chi connectivity index (χ3n) is 2.66. The molecule has 0 aromatic rings. The number of hydrogen-bond acceptors (Lipinski definition) is 13. The van der Waals surface area contributed by atoms with Crippen molar-refractivity contribution in [2.24, 2.45) is 0 Å². The van der Waals surface area contributed by atoms with Crippen LogP contribution < -0.4 is 80.9 Å². The molecule has 0 aliphatic rings. The summed E-state index contributed by atoms with van der Waals surface area (Å²) in [7, 11) is 0. The molecule has 0 rings (SSSR count). The number of hydrogen-bond donors (Lipinski definition) is 7. The van der Waals surface area contributed by atoms with Gasteiger partial charge in [-0.05, 0) is 0 Å². The molecule has 20 heteroatoms. The molecule has 0 aromatic heterocycles. The first-order valence-corrected chi connectivity index (χ1v) is 6.57. The van der Waals surface area contributed by atoms with E-state index in [0.717, 1.165) is 0 Å². The topological polar surface area (TPSA) is 272 Å². The molecule has 0 aliphatic heterocycles. The van der Waals surface area contributed by atoms with Crippen LogP contribution in [-0.2, 0) is 43.0 Å². The van der Waals surface area contributed by atoms with Crippen LogP contribution in [0.25, 0.3) is 0 Å². The van der Waals surface area contributed by atoms with Crippen LogP contribution in [0.4, 0.5) is 0 Å². The molecule has 7 N–H and O–H groups in total. The Morgan fingerprint density at radius 3 is 1.72 bits per heavy atom. The number of carboxylic acids is 3. The van der Waals surface area contributed by atoms with Crippen molar-refractivity contribution in [1.29, 1.82) is 0 Å². The van der Waals surface area contributed by atoms with Gasteiger partial charge in [-0.15, -0.1) is 0 Å². The number of aliphatic hydroxyl groups is 4. The molecule has 0 radical (unpaired) electrons. The van der Waals surface area contributed by atoms with Crippen LogP contribution in [0.2, 0.25) is 0 Å². The third-order valence-corrected chi connectivity index (χ3v) is 2.66. The average Bonchev–Trinajstić information content (AvgIpc) is 2.59. The Labute approximate surface area is 298 Å². The zero-order valence-corrected chi connectivity index (χ0v) is 25.8. The fourth-order valence-electron chi connectivity index (χ4n) is 1.28. The van der Waals surface area contributed by atoms with E-state index in [9.17, 15) is 33.9 Å². The molecule has 172 valence electrons. The first kappa shape index (κ1) is 46.6. The minimum absolute atomic E-state index is 0. The molecule has 0 fully saturated rings. The second kappa shape index (κ2) is 24.0. The number of aliphatic hydroxyl groups excluding tert-OH is 2. The van der Waals surface area contributed by atoms with Gasteiger partial charge in [-0.2, -0.15) is 0 Å². The number of rotatable bonds is 13. The predicted octanol–water partition coefficient (Wildman–Crippen LogP) is -10.8. The zero-order chi connectivity index (χ0) is 22.5. The van der Waals surface area contributed by atoms with Gasteiger partial charge in [-0.25, -0.2) is 9.59 Å². The molecule has 0 heterocycles. The van der Waals surface area contributed by atoms with Crippen LogP contribution in [0, 0.1) is 0 Å². The van der Waals surface area contributed by atoms with Crippen molar-refractivity contribution >= 4 is 98.1 Å². The monoisotopic (exact) mass is 548 g/mol. The molecule has 0 amide bonds. The van der Waals surface area contributed by atoms with E-state index >= 15 is 0 Å². The van der Waals surface area contributed by atoms with Gasteiger partial charge in [0.1, 0.15) is 0 Å². The summed E-state index contributed by atoms with van der Waals surface area (Å²) in [6, 6.07) is 0. The van der Waals surface area contributed by atoms with E-state index in [1.165, 1.54) is 0 Å². The Balaban J connectivity index is -0.0000000282. The molecule has 16 nitrogen and oxygen atoms in total. The smallest absolute Gasteiger partial charge is 1.00 e. The number of aliphatic carboxylic acids is 3. The van der Waals surface area contributed by atoms with E-state index in [-0.39, 0.29) is 170 Å². The molecule has 0 spiro atoms. The second-order valence-corrected chi connectivity index (χ2v) is 4.59. The largest absolute Gasteiger partial charge is 2.00 e. The normalized spacial score (nSPS) is 14.2. The Morgan fingerprint density at radius 2 is 1.44 bits per heavy atom. The molecule has 0 saturated heterocycles. The van der Waals surface area contributed by atoms with Gasteiger partial charge < -0.3 is 58.5 Å². The maximum atomic E-state index is 10.4. The van der Waals surface area contributed by atoms with Gasteiger partial charge in [0.15, 0.2) is 12.7 Å². The van der Waals surface area contributed by atoms with Gasteiger partial charge in [0, 0.05) is 0 Å². The summed E-state index contributed by atoms with van der Waals surface area (Å²) in [4.78, 5) is 60.1. The average molecular weight is 549 g/mol. The van der Waals surface area contributed by atoms with E-state index in [1.54, 1.807) is 0 Å². The molecule has 4 atom stereocenters. The SMILES string of the molecule is O=C(O)CC(O)(C(=O)O)C(O)C(=O)O.O=COCC(O)(OC=O)C(O)OC=O.[Ca+2].[H-].[H-].[H-].[H-].[H-].[H-].[K+].[Mg+2].[Na+]. The summed E-state index contributed by atoms with van der Waals surface area (Å²) < 4.78 is 12.0. The minimum atomic E-state index is -3.22. The fourth-order valence-corrected chi connectivity index (χ4v) is 1.28. The van der Waals surface area contributed by atoms with E-state index in [2.05, 4.69) is 14.2 Å². The number of carbonyl (C=O) groups is 6. The third kappa shape index (κ3) is 17.7. The Morgan fingerprint density at radius 1 is 0.969 bits per heavy atom. The molecule has 32 heavy (non-hydrogen) atoms. The van der Waals surface area contributed by atoms with Gasteiger partial charge in [0.2, 0.25) is 5.60 Å². The quantitative estimate of drug-likeness (QED) is 0.0487. The first-order chi connectivity index (χ1) is 12.8. The van der Waals surface area contributed by atoms with Crippen LogP contribution in [0.15, 0.2) is 0 Å². The molecule has 0 bridgehead atoms. The standard InChI is InChI=1S/2C6H8O8.Ca.K.Mg.Na.6H/c7-2-12-1-6(11,14-4-9)5(10)13-3-8;7-2(8)1-6(14,5(12)13)3(9)4(10)11;;;;;;;;;;/h2-5,10-11H,1H2;3,9,14H,1H2,(H,7,8)(H,10,11)(H,12,13);;;;;;;;;;/q;;+2;+1;+2;+1;6*-1. The van der Waals surface area contributed by atoms with E-state index in [4.69, 9.17) is 30.6 Å². The van der Waals surface area contributed by atoms with Crippen LogP contribution in [0.5, 0.6) is 0 Å². The summed E-state index contributed by atoms with van der Waals surface area (Å²) >= 11 is 0. The molecule has 0 saturated carbocycles. The van der Waals surface area contributed by atoms with Gasteiger partial charge in [-0.1, -0.05) is 0 Å². The van der Waals surface area contributed by atoms with Crippen molar-refractivity contribution in [2.45, 2.75) is 30.2 Å². The molecular weight excluding hydrogens is 527 g/mol. The summed E-state index contributed by atoms with van der Waals surface area (Å²) in [5.41, 5.74) is -3.22. The maximum absolute atomic E-state index is 10.4. The molecule has 4 unspecified atom stereocenters. The van der Waals surface area contributed by atoms with Crippen molar-refractivity contribution in [3.05, 3.63) is 0 Å². The molecule has 0 aliphatic carbocycles. The molecule has 0 aromatic carbocycles. The Bertz CT molecular complexity index is 623. The van der Waals surface area contributed by atoms with Crippen LogP contribution in [0.1, 0.15) is 15.0 Å². The van der Waals surface area contributed by atoms with Crippen molar-refractivity contribution in [2.75, 3.05) is 6.61 Å². The number of ether oxygens (including phenoxy) is 3. The summed E-state index contributed by atoms with van der Waals surface area (Å²) in [5.74, 6) is -8.48. The van der Waals surface area contributed by atoms with Crippen molar-refractivity contribution < 1.29 is 168 Å². The summed E-state index contributed by atoms with van der Waals surface area (Å²) in [6.45, 7) is -1.30. The maximum Gasteiger partial charge on any atom is 2.00 e. The zero-order valence-electron chi connectivity index (χ0n) is 23.0. The van der Waals surface area contributed by atoms with Gasteiger partial charge >= 0.3 is 165 Å². The van der Waals surface area contributed by atoms with Gasteiger partial charge in [-0.3, -0.25) is 19.2 Å². The van der Waals surface area contributed by atoms with Gasteiger partial charge in [0.25, 0.3) is 25.7 Å². The van der Waals surface area contributed by atoms with Crippen molar-refractivity contribution in [3.8, 4) is 0 Å². The van der Waals surface area contributed by atoms with Crippen LogP contribution in [-0.4, -0.2) is 164 Å². The minimum Gasteiger partial charge on any atom is -1.00 e. The van der Waals surface area contributed by atoms with E-state index in [1.807, 2.05) is 0 Å². The summed E-state index contributed by atoms with van der Waals surface area (Å²) in [5, 5.41) is 60.8. The van der Waals surface area contributed by atoms with Gasteiger partial charge in [0.05, 0.1) is 6.42 Å². The van der Waals surface area contributed by atoms with Crippen LogP contribution >= 0.6 is 0 Å². The van der Waals surface area contributed by atoms with Crippen LogP contribution in [0.3, 0.4) is 0 Å². The van der Waals surface area contributed by atoms with E-state index < -0.39 is 54.7 Å². The Kier molecular flexibility index (Phi) is 35.0. The van der Waals surface area contributed by atoms with E-state index in [0.29, 0.717) is 0 Å². The molecular formula is C12H22CaKMgNaO16. The van der Waals surface area contributed by atoms with Crippen molar-refractivity contribution in [3.63, 3.8) is 0 Å². The second-order valence-electron chi connectivity index (χ2n) is 4.59.